The summed E-state index contributed by atoms with van der Waals surface area (Å²) in [5.41, 5.74) is 0. The van der Waals surface area contributed by atoms with E-state index < -0.39 is 6.35 Å². The van der Waals surface area contributed by atoms with E-state index in [0.717, 1.165) is 19.5 Å². The van der Waals surface area contributed by atoms with Gasteiger partial charge in [-0.1, -0.05) is 26.7 Å². The lowest BCUT2D eigenvalue weighted by molar-refractivity contribution is -0.0174. The third-order valence-electron chi connectivity index (χ3n) is 2.16. The molecule has 1 unspecified atom stereocenters. The lowest BCUT2D eigenvalue weighted by Crippen LogP contribution is -2.44. The fraction of sp³-hybridized carbons (Fsp3) is 1.00. The smallest absolute Gasteiger partial charge is 0.162 e. The van der Waals surface area contributed by atoms with Crippen LogP contribution in [0.5, 0.6) is 0 Å². The van der Waals surface area contributed by atoms with Gasteiger partial charge in [0.15, 0.2) is 6.35 Å². The zero-order valence-corrected chi connectivity index (χ0v) is 9.21. The minimum atomic E-state index is -0.475. The standard InChI is InChI=1S/C10H24N2O/c1-4-6-7-9-12(8-5-2)10(13)11-3/h10-11,13H,4-9H2,1-3H3. The van der Waals surface area contributed by atoms with Gasteiger partial charge >= 0.3 is 0 Å². The van der Waals surface area contributed by atoms with Gasteiger partial charge in [0.05, 0.1) is 0 Å². The number of hydrogen-bond acceptors (Lipinski definition) is 3. The van der Waals surface area contributed by atoms with Gasteiger partial charge in [-0.3, -0.25) is 10.2 Å². The third kappa shape index (κ3) is 6.02. The highest BCUT2D eigenvalue weighted by molar-refractivity contribution is 4.58. The minimum absolute atomic E-state index is 0.475. The molecule has 0 bridgehead atoms. The van der Waals surface area contributed by atoms with Crippen LogP contribution in [0.1, 0.15) is 39.5 Å². The van der Waals surface area contributed by atoms with Crippen LogP contribution in [0.2, 0.25) is 0 Å². The monoisotopic (exact) mass is 188 g/mol. The van der Waals surface area contributed by atoms with Crippen LogP contribution in [-0.4, -0.2) is 36.5 Å². The average Bonchev–Trinajstić information content (AvgIpc) is 2.16. The maximum absolute atomic E-state index is 9.56. The molecule has 13 heavy (non-hydrogen) atoms. The normalized spacial score (nSPS) is 13.6. The van der Waals surface area contributed by atoms with Crippen LogP contribution in [0, 0.1) is 0 Å². The lowest BCUT2D eigenvalue weighted by atomic mass is 10.2. The van der Waals surface area contributed by atoms with Crippen molar-refractivity contribution in [2.75, 3.05) is 20.1 Å². The van der Waals surface area contributed by atoms with Crippen molar-refractivity contribution in [3.63, 3.8) is 0 Å². The molecule has 0 radical (unpaired) electrons. The molecule has 0 spiro atoms. The molecule has 0 aliphatic rings. The van der Waals surface area contributed by atoms with Gasteiger partial charge < -0.3 is 5.11 Å². The molecular weight excluding hydrogens is 164 g/mol. The molecule has 0 saturated carbocycles. The molecule has 0 aromatic carbocycles. The molecule has 2 N–H and O–H groups in total. The van der Waals surface area contributed by atoms with Crippen LogP contribution >= 0.6 is 0 Å². The molecular formula is C10H24N2O. The Morgan fingerprint density at radius 3 is 2.31 bits per heavy atom. The van der Waals surface area contributed by atoms with Crippen molar-refractivity contribution in [3.8, 4) is 0 Å². The van der Waals surface area contributed by atoms with E-state index in [-0.39, 0.29) is 0 Å². The highest BCUT2D eigenvalue weighted by atomic mass is 16.3. The molecule has 0 aromatic heterocycles. The Morgan fingerprint density at radius 1 is 1.15 bits per heavy atom. The van der Waals surface area contributed by atoms with E-state index in [2.05, 4.69) is 24.1 Å². The van der Waals surface area contributed by atoms with Crippen LogP contribution in [-0.2, 0) is 0 Å². The molecule has 0 aliphatic heterocycles. The van der Waals surface area contributed by atoms with Crippen LogP contribution in [0.3, 0.4) is 0 Å². The van der Waals surface area contributed by atoms with Crippen LogP contribution in [0.4, 0.5) is 0 Å². The van der Waals surface area contributed by atoms with Gasteiger partial charge in [0.1, 0.15) is 0 Å². The van der Waals surface area contributed by atoms with Gasteiger partial charge in [0, 0.05) is 13.1 Å². The number of aliphatic hydroxyl groups is 1. The zero-order valence-electron chi connectivity index (χ0n) is 9.21. The van der Waals surface area contributed by atoms with Crippen LogP contribution in [0.25, 0.3) is 0 Å². The van der Waals surface area contributed by atoms with Crippen molar-refractivity contribution in [2.24, 2.45) is 0 Å². The van der Waals surface area contributed by atoms with Crippen molar-refractivity contribution >= 4 is 0 Å². The average molecular weight is 188 g/mol. The zero-order chi connectivity index (χ0) is 10.1. The minimum Gasteiger partial charge on any atom is -0.365 e. The van der Waals surface area contributed by atoms with Gasteiger partial charge in [-0.2, -0.15) is 0 Å². The first kappa shape index (κ1) is 12.9. The molecule has 80 valence electrons. The number of nitrogens with zero attached hydrogens (tertiary/aromatic N) is 1. The summed E-state index contributed by atoms with van der Waals surface area (Å²) in [5.74, 6) is 0. The maximum atomic E-state index is 9.56. The first-order valence-corrected chi connectivity index (χ1v) is 5.35. The van der Waals surface area contributed by atoms with Gasteiger partial charge in [0.2, 0.25) is 0 Å². The van der Waals surface area contributed by atoms with E-state index in [0.29, 0.717) is 0 Å². The molecule has 0 heterocycles. The van der Waals surface area contributed by atoms with E-state index >= 15 is 0 Å². The molecule has 3 heteroatoms. The highest BCUT2D eigenvalue weighted by Gasteiger charge is 2.10. The summed E-state index contributed by atoms with van der Waals surface area (Å²) >= 11 is 0. The van der Waals surface area contributed by atoms with Gasteiger partial charge in [-0.05, 0) is 19.9 Å². The fourth-order valence-corrected chi connectivity index (χ4v) is 1.39. The number of unbranched alkanes of at least 4 members (excludes halogenated alkanes) is 2. The van der Waals surface area contributed by atoms with Crippen molar-refractivity contribution in [3.05, 3.63) is 0 Å². The summed E-state index contributed by atoms with van der Waals surface area (Å²) in [6.45, 7) is 6.28. The van der Waals surface area contributed by atoms with E-state index in [9.17, 15) is 5.11 Å². The molecule has 0 aromatic rings. The highest BCUT2D eigenvalue weighted by Crippen LogP contribution is 2.01. The summed E-state index contributed by atoms with van der Waals surface area (Å²) in [7, 11) is 1.78. The van der Waals surface area contributed by atoms with Crippen LogP contribution < -0.4 is 5.32 Å². The van der Waals surface area contributed by atoms with E-state index in [1.54, 1.807) is 7.05 Å². The summed E-state index contributed by atoms with van der Waals surface area (Å²) in [5, 5.41) is 12.4. The Balaban J connectivity index is 3.65. The summed E-state index contributed by atoms with van der Waals surface area (Å²) < 4.78 is 0. The third-order valence-corrected chi connectivity index (χ3v) is 2.16. The number of rotatable bonds is 8. The van der Waals surface area contributed by atoms with Gasteiger partial charge in [-0.25, -0.2) is 0 Å². The Labute approximate surface area is 82.1 Å². The summed E-state index contributed by atoms with van der Waals surface area (Å²) in [6, 6.07) is 0. The predicted octanol–water partition coefficient (Wildman–Crippen LogP) is 1.38. The predicted molar refractivity (Wildman–Crippen MR) is 56.5 cm³/mol. The Hall–Kier alpha value is -0.120. The van der Waals surface area contributed by atoms with E-state index in [4.69, 9.17) is 0 Å². The second kappa shape index (κ2) is 8.48. The SMILES string of the molecule is CCCCCN(CCC)C(O)NC. The second-order valence-electron chi connectivity index (χ2n) is 3.41. The van der Waals surface area contributed by atoms with E-state index in [1.807, 2.05) is 0 Å². The fourth-order valence-electron chi connectivity index (χ4n) is 1.39. The number of hydrogen-bond donors (Lipinski definition) is 2. The summed E-state index contributed by atoms with van der Waals surface area (Å²) in [4.78, 5) is 2.08. The Kier molecular flexibility index (Phi) is 8.40. The molecule has 0 saturated heterocycles. The molecule has 0 rings (SSSR count). The maximum Gasteiger partial charge on any atom is 0.162 e. The van der Waals surface area contributed by atoms with Crippen molar-refractivity contribution in [1.29, 1.82) is 0 Å². The molecule has 3 nitrogen and oxygen atoms in total. The van der Waals surface area contributed by atoms with E-state index in [1.165, 1.54) is 19.3 Å². The molecule has 0 amide bonds. The number of nitrogens with one attached hydrogen (secondary N) is 1. The van der Waals surface area contributed by atoms with Gasteiger partial charge in [0.25, 0.3) is 0 Å². The topological polar surface area (TPSA) is 35.5 Å². The van der Waals surface area contributed by atoms with Crippen molar-refractivity contribution in [1.82, 2.24) is 10.2 Å². The second-order valence-corrected chi connectivity index (χ2v) is 3.41. The van der Waals surface area contributed by atoms with Crippen LogP contribution in [0.15, 0.2) is 0 Å². The van der Waals surface area contributed by atoms with Gasteiger partial charge in [-0.15, -0.1) is 0 Å². The quantitative estimate of drug-likeness (QED) is 0.446. The first-order chi connectivity index (χ1) is 6.26. The first-order valence-electron chi connectivity index (χ1n) is 5.35. The summed E-state index contributed by atoms with van der Waals surface area (Å²) in [6.07, 6.45) is 4.27. The Bertz CT molecular complexity index is 109. The molecule has 0 fully saturated rings. The van der Waals surface area contributed by atoms with Crippen molar-refractivity contribution < 1.29 is 5.11 Å². The lowest BCUT2D eigenvalue weighted by Gasteiger charge is -2.26. The molecule has 0 aliphatic carbocycles. The largest absolute Gasteiger partial charge is 0.365 e. The molecule has 1 atom stereocenters. The van der Waals surface area contributed by atoms with Crippen molar-refractivity contribution in [2.45, 2.75) is 45.9 Å². The Morgan fingerprint density at radius 2 is 1.85 bits per heavy atom. The number of aliphatic hydroxyl groups excluding tert-OH is 1.